The number of rotatable bonds is 2. The number of carboxylic acids is 2. The van der Waals surface area contributed by atoms with Gasteiger partial charge in [0.1, 0.15) is 6.42 Å². The fourth-order valence-electron chi connectivity index (χ4n) is 0.129. The SMILES string of the molecule is CCO.O=C(O)CC(=O)O.[CH3-].[Mg+2]. The van der Waals surface area contributed by atoms with E-state index in [0.717, 1.165) is 0 Å². The number of carbonyl (C=O) groups is 2. The first-order chi connectivity index (χ1) is 4.54. The van der Waals surface area contributed by atoms with Crippen LogP contribution in [0.1, 0.15) is 13.3 Å². The van der Waals surface area contributed by atoms with Gasteiger partial charge in [-0.15, -0.1) is 0 Å². The van der Waals surface area contributed by atoms with Crippen molar-refractivity contribution in [2.24, 2.45) is 0 Å². The predicted octanol–water partition coefficient (Wildman–Crippen LogP) is -0.386. The zero-order valence-electron chi connectivity index (χ0n) is 7.28. The molecular formula is C6H13MgO5+. The van der Waals surface area contributed by atoms with Crippen molar-refractivity contribution in [3.63, 3.8) is 0 Å². The Kier molecular flexibility index (Phi) is 31.9. The summed E-state index contributed by atoms with van der Waals surface area (Å²) in [7, 11) is 0. The van der Waals surface area contributed by atoms with Crippen molar-refractivity contribution in [1.82, 2.24) is 0 Å². The molecule has 0 heterocycles. The van der Waals surface area contributed by atoms with Gasteiger partial charge in [-0.05, 0) is 6.92 Å². The molecule has 6 heteroatoms. The van der Waals surface area contributed by atoms with Crippen LogP contribution < -0.4 is 0 Å². The summed E-state index contributed by atoms with van der Waals surface area (Å²) in [5, 5.41) is 23.0. The molecule has 0 aliphatic carbocycles. The Hall–Kier alpha value is -0.334. The maximum atomic E-state index is 9.43. The zero-order valence-corrected chi connectivity index (χ0v) is 8.69. The van der Waals surface area contributed by atoms with Gasteiger partial charge in [0, 0.05) is 6.61 Å². The molecule has 0 aliphatic heterocycles. The van der Waals surface area contributed by atoms with E-state index in [0.29, 0.717) is 0 Å². The van der Waals surface area contributed by atoms with Crippen LogP contribution in [0.5, 0.6) is 0 Å². The van der Waals surface area contributed by atoms with E-state index in [2.05, 4.69) is 0 Å². The van der Waals surface area contributed by atoms with Gasteiger partial charge >= 0.3 is 35.0 Å². The van der Waals surface area contributed by atoms with E-state index in [4.69, 9.17) is 15.3 Å². The first-order valence-electron chi connectivity index (χ1n) is 2.59. The third-order valence-electron chi connectivity index (χ3n) is 0.302. The summed E-state index contributed by atoms with van der Waals surface area (Å²) in [5.74, 6) is -2.62. The molecule has 0 spiro atoms. The molecule has 0 unspecified atom stereocenters. The van der Waals surface area contributed by atoms with Crippen LogP contribution in [0.2, 0.25) is 0 Å². The minimum Gasteiger partial charge on any atom is -0.481 e. The number of hydrogen-bond acceptors (Lipinski definition) is 3. The largest absolute Gasteiger partial charge is 2.00 e. The summed E-state index contributed by atoms with van der Waals surface area (Å²) in [6, 6.07) is 0. The Morgan fingerprint density at radius 2 is 1.33 bits per heavy atom. The maximum Gasteiger partial charge on any atom is 2.00 e. The van der Waals surface area contributed by atoms with E-state index in [1.165, 1.54) is 0 Å². The Morgan fingerprint density at radius 1 is 1.17 bits per heavy atom. The first-order valence-corrected chi connectivity index (χ1v) is 2.59. The van der Waals surface area contributed by atoms with Crippen LogP contribution in [-0.2, 0) is 9.59 Å². The van der Waals surface area contributed by atoms with E-state index in [9.17, 15) is 9.59 Å². The van der Waals surface area contributed by atoms with Gasteiger partial charge in [-0.2, -0.15) is 0 Å². The number of hydrogen-bond donors (Lipinski definition) is 3. The van der Waals surface area contributed by atoms with E-state index >= 15 is 0 Å². The van der Waals surface area contributed by atoms with Crippen LogP contribution >= 0.6 is 0 Å². The average molecular weight is 189 g/mol. The molecular weight excluding hydrogens is 176 g/mol. The second kappa shape index (κ2) is 17.0. The second-order valence-electron chi connectivity index (χ2n) is 1.28. The van der Waals surface area contributed by atoms with Crippen LogP contribution in [0, 0.1) is 7.43 Å². The average Bonchev–Trinajstić information content (AvgIpc) is 1.62. The van der Waals surface area contributed by atoms with Crippen molar-refractivity contribution < 1.29 is 24.9 Å². The molecule has 3 N–H and O–H groups in total. The quantitative estimate of drug-likeness (QED) is 0.313. The van der Waals surface area contributed by atoms with Crippen molar-refractivity contribution in [2.45, 2.75) is 13.3 Å². The Balaban J connectivity index is -0.0000000569. The molecule has 5 nitrogen and oxygen atoms in total. The molecule has 68 valence electrons. The van der Waals surface area contributed by atoms with Crippen molar-refractivity contribution >= 4 is 35.0 Å². The van der Waals surface area contributed by atoms with Crippen LogP contribution in [0.15, 0.2) is 0 Å². The molecule has 0 saturated heterocycles. The van der Waals surface area contributed by atoms with Gasteiger partial charge in [0.25, 0.3) is 0 Å². The summed E-state index contributed by atoms with van der Waals surface area (Å²) in [4.78, 5) is 18.9. The van der Waals surface area contributed by atoms with Crippen molar-refractivity contribution in [3.05, 3.63) is 7.43 Å². The number of aliphatic hydroxyl groups is 1. The van der Waals surface area contributed by atoms with Gasteiger partial charge in [-0.3, -0.25) is 9.59 Å². The molecule has 0 aromatic carbocycles. The monoisotopic (exact) mass is 189 g/mol. The summed E-state index contributed by atoms with van der Waals surface area (Å²) >= 11 is 0. The molecule has 0 saturated carbocycles. The summed E-state index contributed by atoms with van der Waals surface area (Å²) in [5.41, 5.74) is 0. The van der Waals surface area contributed by atoms with Gasteiger partial charge < -0.3 is 22.7 Å². The Bertz CT molecular complexity index is 103. The van der Waals surface area contributed by atoms with Gasteiger partial charge in [0.2, 0.25) is 0 Å². The molecule has 0 bridgehead atoms. The predicted molar refractivity (Wildman–Crippen MR) is 44.8 cm³/mol. The van der Waals surface area contributed by atoms with E-state index < -0.39 is 18.4 Å². The molecule has 0 amide bonds. The summed E-state index contributed by atoms with van der Waals surface area (Å²) < 4.78 is 0. The topological polar surface area (TPSA) is 94.8 Å². The van der Waals surface area contributed by atoms with Gasteiger partial charge in [-0.25, -0.2) is 0 Å². The summed E-state index contributed by atoms with van der Waals surface area (Å²) in [6.07, 6.45) is -0.806. The third-order valence-corrected chi connectivity index (χ3v) is 0.302. The number of aliphatic carboxylic acids is 2. The Morgan fingerprint density at radius 3 is 1.33 bits per heavy atom. The maximum absolute atomic E-state index is 9.43. The van der Waals surface area contributed by atoms with Crippen LogP contribution in [0.3, 0.4) is 0 Å². The minimum absolute atomic E-state index is 0. The van der Waals surface area contributed by atoms with Crippen LogP contribution in [-0.4, -0.2) is 56.9 Å². The van der Waals surface area contributed by atoms with E-state index in [-0.39, 0.29) is 37.1 Å². The normalized spacial score (nSPS) is 6.17. The summed E-state index contributed by atoms with van der Waals surface area (Å²) in [6.45, 7) is 1.93. The first kappa shape index (κ1) is 22.6. The van der Waals surface area contributed by atoms with Gasteiger partial charge in [0.05, 0.1) is 0 Å². The van der Waals surface area contributed by atoms with Crippen molar-refractivity contribution in [3.8, 4) is 0 Å². The van der Waals surface area contributed by atoms with Crippen molar-refractivity contribution in [1.29, 1.82) is 0 Å². The van der Waals surface area contributed by atoms with Crippen LogP contribution in [0.4, 0.5) is 0 Å². The van der Waals surface area contributed by atoms with E-state index in [1.807, 2.05) is 0 Å². The molecule has 0 aromatic heterocycles. The fraction of sp³-hybridized carbons (Fsp3) is 0.500. The molecule has 0 atom stereocenters. The fourth-order valence-corrected chi connectivity index (χ4v) is 0.129. The molecule has 0 fully saturated rings. The number of aliphatic hydroxyl groups excluding tert-OH is 1. The van der Waals surface area contributed by atoms with Crippen molar-refractivity contribution in [2.75, 3.05) is 6.61 Å². The third kappa shape index (κ3) is 54.0. The minimum atomic E-state index is -1.31. The standard InChI is InChI=1S/C3H4O4.C2H6O.CH3.Mg/c4-2(5)1-3(6)7;1-2-3;;/h1H2,(H,4,5)(H,6,7);3H,2H2,1H3;1H3;/q;;-1;+2. The van der Waals surface area contributed by atoms with Gasteiger partial charge in [-0.1, -0.05) is 0 Å². The van der Waals surface area contributed by atoms with E-state index in [1.54, 1.807) is 6.92 Å². The molecule has 0 rings (SSSR count). The Labute approximate surface area is 87.6 Å². The second-order valence-corrected chi connectivity index (χ2v) is 1.28. The molecule has 0 radical (unpaired) electrons. The molecule has 0 aliphatic rings. The number of carboxylic acid groups (broad SMARTS) is 2. The smallest absolute Gasteiger partial charge is 0.481 e. The van der Waals surface area contributed by atoms with Gasteiger partial charge in [0.15, 0.2) is 0 Å². The molecule has 0 aromatic rings. The van der Waals surface area contributed by atoms with Crippen LogP contribution in [0.25, 0.3) is 0 Å². The zero-order chi connectivity index (χ0) is 8.57. The molecule has 12 heavy (non-hydrogen) atoms.